The lowest BCUT2D eigenvalue weighted by Crippen LogP contribution is -2.46. The number of nitrogens with two attached hydrogens (primary N) is 1. The van der Waals surface area contributed by atoms with E-state index in [1.807, 2.05) is 0 Å². The predicted octanol–water partition coefficient (Wildman–Crippen LogP) is 1.33. The number of nitrogens with one attached hydrogen (secondary N) is 1. The van der Waals surface area contributed by atoms with Crippen molar-refractivity contribution in [2.45, 2.75) is 42.7 Å². The molecular weight excluding hydrogens is 356 g/mol. The number of nitrogens with zero attached hydrogens (tertiary/aromatic N) is 2. The quantitative estimate of drug-likeness (QED) is 0.832. The zero-order valence-corrected chi connectivity index (χ0v) is 14.0. The van der Waals surface area contributed by atoms with Crippen LogP contribution >= 0.6 is 15.9 Å². The minimum absolute atomic E-state index is 0.0317. The van der Waals surface area contributed by atoms with Crippen LogP contribution < -0.4 is 10.5 Å². The highest BCUT2D eigenvalue weighted by Crippen LogP contribution is 2.29. The largest absolute Gasteiger partial charge is 0.383 e. The second-order valence-electron chi connectivity index (χ2n) is 5.65. The van der Waals surface area contributed by atoms with Gasteiger partial charge in [0, 0.05) is 29.3 Å². The smallest absolute Gasteiger partial charge is 0.244 e. The second-order valence-corrected chi connectivity index (χ2v) is 8.25. The van der Waals surface area contributed by atoms with Crippen LogP contribution in [0.1, 0.15) is 25.7 Å². The van der Waals surface area contributed by atoms with Crippen LogP contribution in [0.2, 0.25) is 0 Å². The van der Waals surface area contributed by atoms with Crippen molar-refractivity contribution < 1.29 is 8.42 Å². The maximum absolute atomic E-state index is 12.6. The highest BCUT2D eigenvalue weighted by molar-refractivity contribution is 9.10. The van der Waals surface area contributed by atoms with E-state index in [0.717, 1.165) is 25.9 Å². The molecular formula is C13H19BrN4O2S. The fourth-order valence-electron chi connectivity index (χ4n) is 3.29. The molecule has 0 saturated carbocycles. The van der Waals surface area contributed by atoms with E-state index in [1.165, 1.54) is 25.1 Å². The Labute approximate surface area is 133 Å². The van der Waals surface area contributed by atoms with Crippen LogP contribution in [0.25, 0.3) is 0 Å². The lowest BCUT2D eigenvalue weighted by atomic mass is 10.00. The first-order valence-electron chi connectivity index (χ1n) is 7.15. The Morgan fingerprint density at radius 3 is 2.95 bits per heavy atom. The number of anilines is 1. The number of fused-ring (bicyclic) bond motifs is 1. The van der Waals surface area contributed by atoms with Gasteiger partial charge in [-0.3, -0.25) is 4.90 Å². The van der Waals surface area contributed by atoms with Crippen molar-refractivity contribution >= 4 is 31.8 Å². The topological polar surface area (TPSA) is 88.3 Å². The summed E-state index contributed by atoms with van der Waals surface area (Å²) >= 11 is 3.24. The zero-order valence-electron chi connectivity index (χ0n) is 11.6. The Kier molecular flexibility index (Phi) is 4.22. The fourth-order valence-corrected chi connectivity index (χ4v) is 5.19. The van der Waals surface area contributed by atoms with Gasteiger partial charge < -0.3 is 5.73 Å². The average molecular weight is 375 g/mol. The summed E-state index contributed by atoms with van der Waals surface area (Å²) in [6.07, 6.45) is 5.77. The summed E-state index contributed by atoms with van der Waals surface area (Å²) in [6.45, 7) is 2.04. The first-order valence-corrected chi connectivity index (χ1v) is 9.42. The summed E-state index contributed by atoms with van der Waals surface area (Å²) < 4.78 is 28.6. The van der Waals surface area contributed by atoms with Gasteiger partial charge in [0.25, 0.3) is 0 Å². The average Bonchev–Trinajstić information content (AvgIpc) is 2.84. The molecule has 1 aromatic heterocycles. The molecule has 2 aliphatic heterocycles. The van der Waals surface area contributed by atoms with Crippen molar-refractivity contribution in [3.8, 4) is 0 Å². The molecule has 0 aromatic carbocycles. The lowest BCUT2D eigenvalue weighted by molar-refractivity contribution is 0.186. The third-order valence-electron chi connectivity index (χ3n) is 4.30. The molecule has 1 aromatic rings. The number of hydrogen-bond donors (Lipinski definition) is 2. The third-order valence-corrected chi connectivity index (χ3v) is 6.25. The van der Waals surface area contributed by atoms with Gasteiger partial charge in [-0.2, -0.15) is 0 Å². The van der Waals surface area contributed by atoms with Crippen molar-refractivity contribution in [1.29, 1.82) is 0 Å². The Morgan fingerprint density at radius 1 is 1.33 bits per heavy atom. The highest BCUT2D eigenvalue weighted by Gasteiger charge is 2.38. The highest BCUT2D eigenvalue weighted by atomic mass is 79.9. The van der Waals surface area contributed by atoms with Crippen LogP contribution in [0.15, 0.2) is 21.6 Å². The number of sulfonamides is 1. The number of aromatic nitrogens is 1. The number of rotatable bonds is 3. The molecule has 3 heterocycles. The van der Waals surface area contributed by atoms with Gasteiger partial charge >= 0.3 is 0 Å². The Morgan fingerprint density at radius 2 is 2.14 bits per heavy atom. The predicted molar refractivity (Wildman–Crippen MR) is 84.3 cm³/mol. The molecule has 2 saturated heterocycles. The van der Waals surface area contributed by atoms with Crippen LogP contribution in [0.5, 0.6) is 0 Å². The maximum atomic E-state index is 12.6. The first-order chi connectivity index (χ1) is 9.97. The van der Waals surface area contributed by atoms with E-state index >= 15 is 0 Å². The van der Waals surface area contributed by atoms with Crippen LogP contribution in [-0.2, 0) is 10.0 Å². The van der Waals surface area contributed by atoms with Gasteiger partial charge in [0.2, 0.25) is 10.0 Å². The molecule has 2 aliphatic rings. The van der Waals surface area contributed by atoms with Gasteiger partial charge in [-0.1, -0.05) is 6.42 Å². The van der Waals surface area contributed by atoms with Crippen molar-refractivity contribution in [3.63, 3.8) is 0 Å². The van der Waals surface area contributed by atoms with Gasteiger partial charge in [-0.15, -0.1) is 0 Å². The summed E-state index contributed by atoms with van der Waals surface area (Å²) in [7, 11) is -3.64. The maximum Gasteiger partial charge on any atom is 0.244 e. The molecule has 2 atom stereocenters. The van der Waals surface area contributed by atoms with Crippen molar-refractivity contribution in [3.05, 3.63) is 16.7 Å². The normalized spacial score (nSPS) is 26.7. The monoisotopic (exact) mass is 374 g/mol. The molecule has 0 radical (unpaired) electrons. The minimum Gasteiger partial charge on any atom is -0.383 e. The Balaban J connectivity index is 1.81. The van der Waals surface area contributed by atoms with Gasteiger partial charge in [0.1, 0.15) is 10.7 Å². The van der Waals surface area contributed by atoms with Crippen LogP contribution in [0, 0.1) is 0 Å². The molecule has 0 amide bonds. The van der Waals surface area contributed by atoms with Gasteiger partial charge in [-0.05, 0) is 47.8 Å². The molecule has 0 bridgehead atoms. The van der Waals surface area contributed by atoms with E-state index in [-0.39, 0.29) is 16.8 Å². The summed E-state index contributed by atoms with van der Waals surface area (Å²) in [5, 5.41) is 0. The summed E-state index contributed by atoms with van der Waals surface area (Å²) in [5.74, 6) is 0.0317. The number of hydrogen-bond acceptors (Lipinski definition) is 5. The molecule has 21 heavy (non-hydrogen) atoms. The van der Waals surface area contributed by atoms with Crippen molar-refractivity contribution in [2.75, 3.05) is 18.8 Å². The molecule has 2 unspecified atom stereocenters. The van der Waals surface area contributed by atoms with E-state index in [2.05, 4.69) is 30.5 Å². The van der Waals surface area contributed by atoms with Crippen LogP contribution in [-0.4, -0.2) is 43.5 Å². The molecule has 6 nitrogen and oxygen atoms in total. The van der Waals surface area contributed by atoms with Crippen molar-refractivity contribution in [1.82, 2.24) is 14.6 Å². The first kappa shape index (κ1) is 15.2. The summed E-state index contributed by atoms with van der Waals surface area (Å²) in [4.78, 5) is 6.34. The third kappa shape index (κ3) is 3.08. The van der Waals surface area contributed by atoms with E-state index in [4.69, 9.17) is 5.73 Å². The Hall–Kier alpha value is -0.700. The summed E-state index contributed by atoms with van der Waals surface area (Å²) in [5.41, 5.74) is 5.72. The number of piperidine rings is 1. The number of pyridine rings is 1. The van der Waals surface area contributed by atoms with Crippen LogP contribution in [0.4, 0.5) is 5.82 Å². The second kappa shape index (κ2) is 5.83. The summed E-state index contributed by atoms with van der Waals surface area (Å²) in [6, 6.07) is 1.78. The van der Waals surface area contributed by atoms with Crippen molar-refractivity contribution in [2.24, 2.45) is 0 Å². The molecule has 2 fully saturated rings. The SMILES string of the molecule is Nc1ncc(Br)cc1S(=O)(=O)NC1CCN2CCCCC12. The molecule has 0 aliphatic carbocycles. The molecule has 3 N–H and O–H groups in total. The number of halogens is 1. The molecule has 0 spiro atoms. The van der Waals surface area contributed by atoms with Crippen LogP contribution in [0.3, 0.4) is 0 Å². The number of nitrogen functional groups attached to an aromatic ring is 1. The van der Waals surface area contributed by atoms with E-state index < -0.39 is 10.0 Å². The fraction of sp³-hybridized carbons (Fsp3) is 0.615. The van der Waals surface area contributed by atoms with E-state index in [0.29, 0.717) is 10.5 Å². The Bertz CT molecular complexity index is 637. The van der Waals surface area contributed by atoms with Gasteiger partial charge in [0.15, 0.2) is 0 Å². The van der Waals surface area contributed by atoms with Gasteiger partial charge in [0.05, 0.1) is 0 Å². The molecule has 8 heteroatoms. The van der Waals surface area contributed by atoms with Gasteiger partial charge in [-0.25, -0.2) is 18.1 Å². The van der Waals surface area contributed by atoms with E-state index in [1.54, 1.807) is 0 Å². The molecule has 3 rings (SSSR count). The lowest BCUT2D eigenvalue weighted by Gasteiger charge is -2.32. The van der Waals surface area contributed by atoms with E-state index in [9.17, 15) is 8.42 Å². The zero-order chi connectivity index (χ0) is 15.0. The standard InChI is InChI=1S/C13H19BrN4O2S/c14-9-7-12(13(15)16-8-9)21(19,20)17-10-4-6-18-5-2-1-3-11(10)18/h7-8,10-11,17H,1-6H2,(H2,15,16). The minimum atomic E-state index is -3.64. The molecule has 116 valence electrons.